The molecule has 2 aromatic rings. The van der Waals surface area contributed by atoms with Crippen LogP contribution in [0.3, 0.4) is 0 Å². The molecular weight excluding hydrogens is 404 g/mol. The smallest absolute Gasteiger partial charge is 0.419 e. The molecule has 1 aromatic heterocycles. The Labute approximate surface area is 190 Å². The molecule has 0 aliphatic carbocycles. The molecule has 6 heteroatoms. The fraction of sp³-hybridized carbons (Fsp3) is 0.615. The standard InChI is InChI=1S/C26H36N2O4/c1-6-18-16-27-13-11-21-20-9-7-8-10-22(20)28(25(30)32-26(3,4)5)24(21)23(27)15-19(18)12-14-31-17(2)29/h7-10,18-19,23H,6,11-16H2,1-5H3/t18-,19+,23+/m1/s1. The number of carbonyl (C=O) groups excluding carboxylic acids is 2. The molecule has 3 atom stereocenters. The number of piperidine rings is 1. The van der Waals surface area contributed by atoms with Crippen molar-refractivity contribution in [3.8, 4) is 0 Å². The minimum atomic E-state index is -0.559. The Balaban J connectivity index is 1.73. The van der Waals surface area contributed by atoms with E-state index in [9.17, 15) is 9.59 Å². The third-order valence-corrected chi connectivity index (χ3v) is 6.98. The molecule has 32 heavy (non-hydrogen) atoms. The van der Waals surface area contributed by atoms with Gasteiger partial charge >= 0.3 is 12.1 Å². The quantitative estimate of drug-likeness (QED) is 0.602. The van der Waals surface area contributed by atoms with E-state index in [1.54, 1.807) is 0 Å². The molecule has 1 saturated heterocycles. The van der Waals surface area contributed by atoms with Gasteiger partial charge in [-0.1, -0.05) is 31.5 Å². The Morgan fingerprint density at radius 2 is 1.91 bits per heavy atom. The summed E-state index contributed by atoms with van der Waals surface area (Å²) in [4.78, 5) is 27.2. The van der Waals surface area contributed by atoms with E-state index >= 15 is 0 Å². The number of fused-ring (bicyclic) bond motifs is 5. The van der Waals surface area contributed by atoms with Gasteiger partial charge in [-0.05, 0) is 63.5 Å². The number of esters is 1. The maximum atomic E-state index is 13.4. The Hall–Kier alpha value is -2.34. The van der Waals surface area contributed by atoms with Crippen LogP contribution in [0.5, 0.6) is 0 Å². The molecular formula is C26H36N2O4. The average molecular weight is 441 g/mol. The lowest BCUT2D eigenvalue weighted by Gasteiger charge is -2.46. The van der Waals surface area contributed by atoms with Crippen LogP contribution in [-0.2, 0) is 20.7 Å². The molecule has 6 nitrogen and oxygen atoms in total. The summed E-state index contributed by atoms with van der Waals surface area (Å²) in [7, 11) is 0. The number of carbonyl (C=O) groups is 2. The van der Waals surface area contributed by atoms with E-state index in [0.29, 0.717) is 18.4 Å². The third-order valence-electron chi connectivity index (χ3n) is 6.98. The average Bonchev–Trinajstić information content (AvgIpc) is 3.06. The lowest BCUT2D eigenvalue weighted by atomic mass is 9.76. The van der Waals surface area contributed by atoms with Crippen LogP contribution < -0.4 is 0 Å². The number of ether oxygens (including phenoxy) is 2. The van der Waals surface area contributed by atoms with Gasteiger partial charge in [-0.15, -0.1) is 0 Å². The first kappa shape index (κ1) is 22.8. The van der Waals surface area contributed by atoms with Gasteiger partial charge in [0.1, 0.15) is 5.60 Å². The molecule has 0 saturated carbocycles. The highest BCUT2D eigenvalue weighted by atomic mass is 16.6. The summed E-state index contributed by atoms with van der Waals surface area (Å²) in [6.45, 7) is 11.9. The molecule has 0 spiro atoms. The van der Waals surface area contributed by atoms with Crippen molar-refractivity contribution in [1.29, 1.82) is 0 Å². The van der Waals surface area contributed by atoms with Crippen LogP contribution in [0.25, 0.3) is 10.9 Å². The summed E-state index contributed by atoms with van der Waals surface area (Å²) in [5, 5.41) is 1.15. The molecule has 0 radical (unpaired) electrons. The fourth-order valence-corrected chi connectivity index (χ4v) is 5.61. The molecule has 0 amide bonds. The zero-order chi connectivity index (χ0) is 23.0. The van der Waals surface area contributed by atoms with Crippen LogP contribution in [0.4, 0.5) is 4.79 Å². The molecule has 0 unspecified atom stereocenters. The van der Waals surface area contributed by atoms with Crippen LogP contribution in [0.15, 0.2) is 24.3 Å². The van der Waals surface area contributed by atoms with Crippen molar-refractivity contribution in [3.63, 3.8) is 0 Å². The van der Waals surface area contributed by atoms with Crippen molar-refractivity contribution in [1.82, 2.24) is 9.47 Å². The first-order valence-corrected chi connectivity index (χ1v) is 11.9. The molecule has 2 aliphatic heterocycles. The lowest BCUT2D eigenvalue weighted by molar-refractivity contribution is -0.141. The highest BCUT2D eigenvalue weighted by Crippen LogP contribution is 2.46. The van der Waals surface area contributed by atoms with E-state index in [0.717, 1.165) is 55.4 Å². The van der Waals surface area contributed by atoms with E-state index in [4.69, 9.17) is 9.47 Å². The molecule has 1 fully saturated rings. The Bertz CT molecular complexity index is 1000. The topological polar surface area (TPSA) is 60.8 Å². The third kappa shape index (κ3) is 4.42. The van der Waals surface area contributed by atoms with Crippen molar-refractivity contribution in [3.05, 3.63) is 35.5 Å². The maximum Gasteiger partial charge on any atom is 0.419 e. The first-order chi connectivity index (χ1) is 15.2. The fourth-order valence-electron chi connectivity index (χ4n) is 5.61. The van der Waals surface area contributed by atoms with Crippen LogP contribution in [0.2, 0.25) is 0 Å². The van der Waals surface area contributed by atoms with Gasteiger partial charge in [0, 0.05) is 25.4 Å². The monoisotopic (exact) mass is 440 g/mol. The zero-order valence-electron chi connectivity index (χ0n) is 20.0. The van der Waals surface area contributed by atoms with Gasteiger partial charge in [0.05, 0.1) is 23.9 Å². The summed E-state index contributed by atoms with van der Waals surface area (Å²) in [6.07, 6.45) is 3.58. The highest BCUT2D eigenvalue weighted by molar-refractivity contribution is 5.94. The number of benzene rings is 1. The summed E-state index contributed by atoms with van der Waals surface area (Å²) >= 11 is 0. The summed E-state index contributed by atoms with van der Waals surface area (Å²) in [5.74, 6) is 0.805. The minimum Gasteiger partial charge on any atom is -0.466 e. The van der Waals surface area contributed by atoms with Crippen LogP contribution in [0, 0.1) is 11.8 Å². The second-order valence-electron chi connectivity index (χ2n) is 10.3. The van der Waals surface area contributed by atoms with E-state index in [-0.39, 0.29) is 18.1 Å². The van der Waals surface area contributed by atoms with Crippen molar-refractivity contribution < 1.29 is 19.1 Å². The second kappa shape index (κ2) is 8.89. The first-order valence-electron chi connectivity index (χ1n) is 11.9. The normalized spacial score (nSPS) is 23.5. The number of nitrogens with zero attached hydrogens (tertiary/aromatic N) is 2. The van der Waals surface area contributed by atoms with E-state index < -0.39 is 5.60 Å². The Kier molecular flexibility index (Phi) is 6.35. The molecule has 1 aromatic carbocycles. The molecule has 3 heterocycles. The molecule has 0 bridgehead atoms. The van der Waals surface area contributed by atoms with E-state index in [1.807, 2.05) is 43.5 Å². The van der Waals surface area contributed by atoms with Gasteiger partial charge in [-0.3, -0.25) is 9.69 Å². The van der Waals surface area contributed by atoms with Crippen LogP contribution >= 0.6 is 0 Å². The van der Waals surface area contributed by atoms with Gasteiger partial charge in [-0.2, -0.15) is 0 Å². The number of hydrogen-bond donors (Lipinski definition) is 0. The van der Waals surface area contributed by atoms with E-state index in [2.05, 4.69) is 17.9 Å². The molecule has 0 N–H and O–H groups in total. The largest absolute Gasteiger partial charge is 0.466 e. The predicted octanol–water partition coefficient (Wildman–Crippen LogP) is 5.32. The summed E-state index contributed by atoms with van der Waals surface area (Å²) < 4.78 is 13.0. The lowest BCUT2D eigenvalue weighted by Crippen LogP contribution is -2.47. The van der Waals surface area contributed by atoms with Gasteiger partial charge in [0.2, 0.25) is 0 Å². The maximum absolute atomic E-state index is 13.4. The minimum absolute atomic E-state index is 0.170. The predicted molar refractivity (Wildman–Crippen MR) is 125 cm³/mol. The number of aromatic nitrogens is 1. The van der Waals surface area contributed by atoms with Gasteiger partial charge < -0.3 is 9.47 Å². The molecule has 4 rings (SSSR count). The number of para-hydroxylation sites is 1. The second-order valence-corrected chi connectivity index (χ2v) is 10.3. The van der Waals surface area contributed by atoms with Gasteiger partial charge in [0.15, 0.2) is 0 Å². The Morgan fingerprint density at radius 1 is 1.16 bits per heavy atom. The van der Waals surface area contributed by atoms with Crippen molar-refractivity contribution in [2.45, 2.75) is 71.9 Å². The summed E-state index contributed by atoms with van der Waals surface area (Å²) in [5.41, 5.74) is 2.75. The zero-order valence-corrected chi connectivity index (χ0v) is 20.0. The van der Waals surface area contributed by atoms with Crippen LogP contribution in [0.1, 0.15) is 71.2 Å². The van der Waals surface area contributed by atoms with Crippen molar-refractivity contribution in [2.24, 2.45) is 11.8 Å². The number of hydrogen-bond acceptors (Lipinski definition) is 5. The Morgan fingerprint density at radius 3 is 2.59 bits per heavy atom. The van der Waals surface area contributed by atoms with Gasteiger partial charge in [0.25, 0.3) is 0 Å². The van der Waals surface area contributed by atoms with Crippen molar-refractivity contribution >= 4 is 23.0 Å². The van der Waals surface area contributed by atoms with Gasteiger partial charge in [-0.25, -0.2) is 9.36 Å². The van der Waals surface area contributed by atoms with Crippen LogP contribution in [-0.4, -0.2) is 46.8 Å². The number of rotatable bonds is 4. The molecule has 174 valence electrons. The SMILES string of the molecule is CC[C@@H]1CN2CCc3c(n(C(=O)OC(C)(C)C)c4ccccc34)[C@@H]2C[C@@H]1CCOC(C)=O. The summed E-state index contributed by atoms with van der Waals surface area (Å²) in [6, 6.07) is 8.36. The van der Waals surface area contributed by atoms with E-state index in [1.165, 1.54) is 12.5 Å². The highest BCUT2D eigenvalue weighted by Gasteiger charge is 2.42. The van der Waals surface area contributed by atoms with Crippen molar-refractivity contribution in [2.75, 3.05) is 19.7 Å². The molecule has 2 aliphatic rings.